The van der Waals surface area contributed by atoms with Crippen molar-refractivity contribution in [3.63, 3.8) is 0 Å². The van der Waals surface area contributed by atoms with Gasteiger partial charge in [-0.2, -0.15) is 0 Å². The Kier molecular flexibility index (Phi) is 1.83. The summed E-state index contributed by atoms with van der Waals surface area (Å²) in [6.07, 6.45) is 0.454. The van der Waals surface area contributed by atoms with Gasteiger partial charge in [0.25, 0.3) is 0 Å². The summed E-state index contributed by atoms with van der Waals surface area (Å²) in [6, 6.07) is 0. The van der Waals surface area contributed by atoms with E-state index in [9.17, 15) is 0 Å². The van der Waals surface area contributed by atoms with Crippen molar-refractivity contribution in [2.24, 2.45) is 5.92 Å². The summed E-state index contributed by atoms with van der Waals surface area (Å²) in [5.74, 6) is 0.657. The molecule has 0 saturated carbocycles. The zero-order valence-electron chi connectivity index (χ0n) is 5.36. The lowest BCUT2D eigenvalue weighted by Crippen LogP contribution is -2.38. The molecule has 0 aliphatic carbocycles. The monoisotopic (exact) mass is 115 g/mol. The van der Waals surface area contributed by atoms with E-state index in [2.05, 4.69) is 30.0 Å². The lowest BCUT2D eigenvalue weighted by atomic mass is 10.2. The standard InChI is InChI=1S/C5H13N3/c1-4(2)5-6-3-7-8-5/h4-8H,3H2,1-2H3. The largest absolute Gasteiger partial charge is 0.287 e. The van der Waals surface area contributed by atoms with Gasteiger partial charge in [-0.1, -0.05) is 13.8 Å². The first-order valence-electron chi connectivity index (χ1n) is 3.02. The smallest absolute Gasteiger partial charge is 0.0737 e. The van der Waals surface area contributed by atoms with E-state index in [0.717, 1.165) is 6.67 Å². The fourth-order valence-corrected chi connectivity index (χ4v) is 0.775. The van der Waals surface area contributed by atoms with Crippen LogP contribution < -0.4 is 16.2 Å². The molecule has 3 nitrogen and oxygen atoms in total. The molecule has 1 rings (SSSR count). The minimum atomic E-state index is 0.454. The third-order valence-corrected chi connectivity index (χ3v) is 1.33. The van der Waals surface area contributed by atoms with E-state index >= 15 is 0 Å². The second kappa shape index (κ2) is 2.44. The number of hydrazine groups is 1. The first-order chi connectivity index (χ1) is 3.80. The quantitative estimate of drug-likeness (QED) is 0.436. The normalized spacial score (nSPS) is 29.6. The van der Waals surface area contributed by atoms with Crippen molar-refractivity contribution in [2.75, 3.05) is 6.67 Å². The van der Waals surface area contributed by atoms with Crippen LogP contribution in [0.1, 0.15) is 13.8 Å². The van der Waals surface area contributed by atoms with Gasteiger partial charge >= 0.3 is 0 Å². The van der Waals surface area contributed by atoms with E-state index in [0.29, 0.717) is 12.1 Å². The SMILES string of the molecule is CC(C)C1NCNN1. The summed E-state index contributed by atoms with van der Waals surface area (Å²) in [5, 5.41) is 3.23. The van der Waals surface area contributed by atoms with Crippen molar-refractivity contribution in [2.45, 2.75) is 20.0 Å². The second-order valence-corrected chi connectivity index (χ2v) is 2.42. The van der Waals surface area contributed by atoms with Gasteiger partial charge in [0.1, 0.15) is 0 Å². The Morgan fingerprint density at radius 1 is 1.50 bits per heavy atom. The van der Waals surface area contributed by atoms with E-state index in [4.69, 9.17) is 0 Å². The van der Waals surface area contributed by atoms with Crippen molar-refractivity contribution in [3.8, 4) is 0 Å². The fraction of sp³-hybridized carbons (Fsp3) is 1.00. The summed E-state index contributed by atoms with van der Waals surface area (Å²) in [4.78, 5) is 0. The van der Waals surface area contributed by atoms with Crippen LogP contribution in [0.25, 0.3) is 0 Å². The highest BCUT2D eigenvalue weighted by molar-refractivity contribution is 4.69. The van der Waals surface area contributed by atoms with Crippen molar-refractivity contribution in [1.82, 2.24) is 16.2 Å². The number of hydrogen-bond donors (Lipinski definition) is 3. The maximum Gasteiger partial charge on any atom is 0.0737 e. The summed E-state index contributed by atoms with van der Waals surface area (Å²) < 4.78 is 0. The van der Waals surface area contributed by atoms with E-state index in [1.165, 1.54) is 0 Å². The molecule has 1 saturated heterocycles. The summed E-state index contributed by atoms with van der Waals surface area (Å²) in [6.45, 7) is 5.23. The van der Waals surface area contributed by atoms with Crippen LogP contribution in [-0.2, 0) is 0 Å². The molecule has 0 aromatic rings. The van der Waals surface area contributed by atoms with Gasteiger partial charge in [0, 0.05) is 0 Å². The van der Waals surface area contributed by atoms with Gasteiger partial charge in [0.05, 0.1) is 12.8 Å². The van der Waals surface area contributed by atoms with Crippen LogP contribution >= 0.6 is 0 Å². The molecule has 1 atom stereocenters. The van der Waals surface area contributed by atoms with Crippen LogP contribution in [-0.4, -0.2) is 12.8 Å². The van der Waals surface area contributed by atoms with Gasteiger partial charge in [0.2, 0.25) is 0 Å². The van der Waals surface area contributed by atoms with E-state index < -0.39 is 0 Å². The Hall–Kier alpha value is -0.120. The first-order valence-corrected chi connectivity index (χ1v) is 3.02. The molecule has 1 aliphatic rings. The molecule has 1 fully saturated rings. The van der Waals surface area contributed by atoms with Crippen LogP contribution in [0.15, 0.2) is 0 Å². The van der Waals surface area contributed by atoms with Crippen LogP contribution in [0.4, 0.5) is 0 Å². The highest BCUT2D eigenvalue weighted by Crippen LogP contribution is 1.97. The van der Waals surface area contributed by atoms with Crippen LogP contribution in [0.2, 0.25) is 0 Å². The van der Waals surface area contributed by atoms with Crippen molar-refractivity contribution < 1.29 is 0 Å². The van der Waals surface area contributed by atoms with Crippen molar-refractivity contribution >= 4 is 0 Å². The molecule has 3 heteroatoms. The van der Waals surface area contributed by atoms with Gasteiger partial charge in [-0.15, -0.1) is 0 Å². The average Bonchev–Trinajstić information content (AvgIpc) is 2.12. The minimum absolute atomic E-state index is 0.454. The summed E-state index contributed by atoms with van der Waals surface area (Å²) in [7, 11) is 0. The lowest BCUT2D eigenvalue weighted by Gasteiger charge is -2.12. The molecule has 0 radical (unpaired) electrons. The molecule has 0 bridgehead atoms. The molecule has 1 heterocycles. The molecule has 1 aliphatic heterocycles. The second-order valence-electron chi connectivity index (χ2n) is 2.42. The van der Waals surface area contributed by atoms with Crippen LogP contribution in [0.5, 0.6) is 0 Å². The third-order valence-electron chi connectivity index (χ3n) is 1.33. The number of hydrogen-bond acceptors (Lipinski definition) is 3. The molecular formula is C5H13N3. The molecule has 0 amide bonds. The molecule has 0 aromatic heterocycles. The van der Waals surface area contributed by atoms with Gasteiger partial charge in [-0.05, 0) is 5.92 Å². The number of rotatable bonds is 1. The van der Waals surface area contributed by atoms with Crippen LogP contribution in [0.3, 0.4) is 0 Å². The third kappa shape index (κ3) is 1.18. The summed E-state index contributed by atoms with van der Waals surface area (Å²) >= 11 is 0. The fourth-order valence-electron chi connectivity index (χ4n) is 0.775. The maximum atomic E-state index is 3.23. The zero-order chi connectivity index (χ0) is 5.98. The van der Waals surface area contributed by atoms with Gasteiger partial charge in [-0.25, -0.2) is 10.9 Å². The van der Waals surface area contributed by atoms with Gasteiger partial charge in [-0.3, -0.25) is 5.32 Å². The van der Waals surface area contributed by atoms with Gasteiger partial charge in [0.15, 0.2) is 0 Å². The highest BCUT2D eigenvalue weighted by atomic mass is 15.5. The Balaban J connectivity index is 2.24. The van der Waals surface area contributed by atoms with Crippen LogP contribution in [0, 0.1) is 5.92 Å². The zero-order valence-corrected chi connectivity index (χ0v) is 5.36. The Bertz CT molecular complexity index is 66.1. The average molecular weight is 115 g/mol. The molecular weight excluding hydrogens is 102 g/mol. The predicted octanol–water partition coefficient (Wildman–Crippen LogP) is -0.377. The molecule has 3 N–H and O–H groups in total. The molecule has 8 heavy (non-hydrogen) atoms. The molecule has 1 unspecified atom stereocenters. The predicted molar refractivity (Wildman–Crippen MR) is 32.9 cm³/mol. The van der Waals surface area contributed by atoms with Gasteiger partial charge < -0.3 is 0 Å². The number of nitrogens with one attached hydrogen (secondary N) is 3. The lowest BCUT2D eigenvalue weighted by molar-refractivity contribution is 0.403. The summed E-state index contributed by atoms with van der Waals surface area (Å²) in [5.41, 5.74) is 6.09. The van der Waals surface area contributed by atoms with E-state index in [-0.39, 0.29) is 0 Å². The van der Waals surface area contributed by atoms with Crippen molar-refractivity contribution in [3.05, 3.63) is 0 Å². The highest BCUT2D eigenvalue weighted by Gasteiger charge is 2.14. The minimum Gasteiger partial charge on any atom is -0.287 e. The molecule has 48 valence electrons. The topological polar surface area (TPSA) is 36.1 Å². The Morgan fingerprint density at radius 2 is 2.25 bits per heavy atom. The van der Waals surface area contributed by atoms with E-state index in [1.54, 1.807) is 0 Å². The Labute approximate surface area is 49.8 Å². The molecule has 0 aromatic carbocycles. The van der Waals surface area contributed by atoms with E-state index in [1.807, 2.05) is 0 Å². The Morgan fingerprint density at radius 3 is 2.50 bits per heavy atom. The van der Waals surface area contributed by atoms with Crippen molar-refractivity contribution in [1.29, 1.82) is 0 Å². The molecule has 0 spiro atoms. The first kappa shape index (κ1) is 6.01. The maximum absolute atomic E-state index is 3.23.